The predicted molar refractivity (Wildman–Crippen MR) is 52.6 cm³/mol. The van der Waals surface area contributed by atoms with Gasteiger partial charge in [0.2, 0.25) is 0 Å². The number of alkyl halides is 1. The van der Waals surface area contributed by atoms with Crippen LogP contribution in [0, 0.1) is 10.1 Å². The summed E-state index contributed by atoms with van der Waals surface area (Å²) < 4.78 is 17.9. The Morgan fingerprint density at radius 3 is 2.80 bits per heavy atom. The largest absolute Gasteiger partial charge is 0.490 e. The number of nitrogens with zero attached hydrogens (tertiary/aromatic N) is 1. The molecular weight excluding hydrogens is 203 g/mol. The first-order valence-corrected chi connectivity index (χ1v) is 4.26. The zero-order chi connectivity index (χ0) is 11.4. The van der Waals surface area contributed by atoms with Crippen LogP contribution in [0.5, 0.6) is 5.75 Å². The van der Waals surface area contributed by atoms with E-state index in [0.29, 0.717) is 0 Å². The summed E-state index contributed by atoms with van der Waals surface area (Å²) in [7, 11) is 1.32. The quantitative estimate of drug-likeness (QED) is 0.609. The molecule has 0 aromatic heterocycles. The number of hydrogen-bond acceptors (Lipinski definition) is 4. The van der Waals surface area contributed by atoms with E-state index in [-0.39, 0.29) is 23.5 Å². The first-order valence-electron chi connectivity index (χ1n) is 4.26. The van der Waals surface area contributed by atoms with E-state index < -0.39 is 11.1 Å². The lowest BCUT2D eigenvalue weighted by Gasteiger charge is -2.07. The van der Waals surface area contributed by atoms with Gasteiger partial charge in [0.25, 0.3) is 0 Å². The van der Waals surface area contributed by atoms with Crippen molar-refractivity contribution in [3.05, 3.63) is 33.9 Å². The molecule has 1 aromatic carbocycles. The molecule has 1 rings (SSSR count). The maximum atomic E-state index is 13.2. The first-order chi connectivity index (χ1) is 7.10. The van der Waals surface area contributed by atoms with Crippen LogP contribution in [-0.2, 0) is 0 Å². The van der Waals surface area contributed by atoms with Crippen LogP contribution in [0.25, 0.3) is 0 Å². The Morgan fingerprint density at radius 1 is 1.67 bits per heavy atom. The summed E-state index contributed by atoms with van der Waals surface area (Å²) in [4.78, 5) is 10.00. The Bertz CT molecular complexity index is 370. The van der Waals surface area contributed by atoms with Crippen LogP contribution < -0.4 is 10.5 Å². The third kappa shape index (κ3) is 2.41. The number of halogens is 1. The molecule has 0 amide bonds. The highest BCUT2D eigenvalue weighted by atomic mass is 19.1. The number of nitro benzene ring substituents is 1. The molecule has 2 N–H and O–H groups in total. The van der Waals surface area contributed by atoms with E-state index in [4.69, 9.17) is 10.5 Å². The number of benzene rings is 1. The number of methoxy groups -OCH3 is 1. The lowest BCUT2D eigenvalue weighted by molar-refractivity contribution is -0.385. The molecule has 0 aliphatic carbocycles. The molecule has 0 heterocycles. The minimum Gasteiger partial charge on any atom is -0.490 e. The van der Waals surface area contributed by atoms with Gasteiger partial charge >= 0.3 is 5.69 Å². The molecule has 6 heteroatoms. The second-order valence-corrected chi connectivity index (χ2v) is 2.89. The number of hydrogen-bond donors (Lipinski definition) is 1. The zero-order valence-electron chi connectivity index (χ0n) is 8.14. The van der Waals surface area contributed by atoms with Crippen molar-refractivity contribution in [2.75, 3.05) is 13.7 Å². The van der Waals surface area contributed by atoms with Crippen LogP contribution in [0.15, 0.2) is 18.2 Å². The predicted octanol–water partition coefficient (Wildman–Crippen LogP) is 1.57. The second kappa shape index (κ2) is 4.70. The van der Waals surface area contributed by atoms with Crippen molar-refractivity contribution in [2.24, 2.45) is 5.73 Å². The molecule has 0 aliphatic rings. The topological polar surface area (TPSA) is 78.4 Å². The van der Waals surface area contributed by atoms with Gasteiger partial charge in [0.1, 0.15) is 6.17 Å². The Balaban J connectivity index is 3.16. The molecule has 0 aliphatic heterocycles. The van der Waals surface area contributed by atoms with Crippen LogP contribution in [0.3, 0.4) is 0 Å². The van der Waals surface area contributed by atoms with Gasteiger partial charge in [-0.05, 0) is 11.6 Å². The van der Waals surface area contributed by atoms with Gasteiger partial charge in [-0.3, -0.25) is 10.1 Å². The lowest BCUT2D eigenvalue weighted by Crippen LogP contribution is -2.08. The molecule has 15 heavy (non-hydrogen) atoms. The van der Waals surface area contributed by atoms with Gasteiger partial charge in [-0.15, -0.1) is 0 Å². The zero-order valence-corrected chi connectivity index (χ0v) is 8.14. The van der Waals surface area contributed by atoms with E-state index in [9.17, 15) is 14.5 Å². The fourth-order valence-electron chi connectivity index (χ4n) is 1.18. The van der Waals surface area contributed by atoms with Crippen LogP contribution in [0.2, 0.25) is 0 Å². The summed E-state index contributed by atoms with van der Waals surface area (Å²) in [6, 6.07) is 3.91. The minimum absolute atomic E-state index is 0.105. The van der Waals surface area contributed by atoms with E-state index >= 15 is 0 Å². The molecule has 0 bridgehead atoms. The summed E-state index contributed by atoms with van der Waals surface area (Å²) in [5.41, 5.74) is 5.05. The van der Waals surface area contributed by atoms with E-state index in [1.165, 1.54) is 19.2 Å². The van der Waals surface area contributed by atoms with Gasteiger partial charge in [0.05, 0.1) is 12.0 Å². The molecule has 0 fully saturated rings. The van der Waals surface area contributed by atoms with E-state index in [1.54, 1.807) is 0 Å². The Hall–Kier alpha value is -1.69. The van der Waals surface area contributed by atoms with Gasteiger partial charge in [-0.25, -0.2) is 4.39 Å². The standard InChI is InChI=1S/C9H11FN2O3/c1-15-9-3-2-6(7(10)5-11)4-8(9)12(13)14/h2-4,7H,5,11H2,1H3. The molecule has 0 saturated carbocycles. The molecule has 1 aromatic rings. The van der Waals surface area contributed by atoms with E-state index in [1.807, 2.05) is 0 Å². The van der Waals surface area contributed by atoms with Gasteiger partial charge in [-0.1, -0.05) is 6.07 Å². The Morgan fingerprint density at radius 2 is 2.33 bits per heavy atom. The highest BCUT2D eigenvalue weighted by Gasteiger charge is 2.18. The first kappa shape index (κ1) is 11.4. The third-order valence-corrected chi connectivity index (χ3v) is 1.97. The van der Waals surface area contributed by atoms with Crippen LogP contribution >= 0.6 is 0 Å². The van der Waals surface area contributed by atoms with Crippen molar-refractivity contribution in [2.45, 2.75) is 6.17 Å². The van der Waals surface area contributed by atoms with E-state index in [0.717, 1.165) is 6.07 Å². The lowest BCUT2D eigenvalue weighted by atomic mass is 10.1. The van der Waals surface area contributed by atoms with Crippen LogP contribution in [0.4, 0.5) is 10.1 Å². The Labute approximate surface area is 85.8 Å². The van der Waals surface area contributed by atoms with Crippen LogP contribution in [-0.4, -0.2) is 18.6 Å². The molecular formula is C9H11FN2O3. The maximum Gasteiger partial charge on any atom is 0.311 e. The molecule has 0 radical (unpaired) electrons. The molecule has 0 saturated heterocycles. The van der Waals surface area contributed by atoms with Crippen molar-refractivity contribution in [3.8, 4) is 5.75 Å². The summed E-state index contributed by atoms with van der Waals surface area (Å²) in [5.74, 6) is 0.105. The van der Waals surface area contributed by atoms with Crippen molar-refractivity contribution in [1.82, 2.24) is 0 Å². The highest BCUT2D eigenvalue weighted by Crippen LogP contribution is 2.30. The van der Waals surface area contributed by atoms with Crippen molar-refractivity contribution in [1.29, 1.82) is 0 Å². The number of rotatable bonds is 4. The highest BCUT2D eigenvalue weighted by molar-refractivity contribution is 5.49. The van der Waals surface area contributed by atoms with Crippen LogP contribution in [0.1, 0.15) is 11.7 Å². The fourth-order valence-corrected chi connectivity index (χ4v) is 1.18. The van der Waals surface area contributed by atoms with Crippen molar-refractivity contribution in [3.63, 3.8) is 0 Å². The summed E-state index contributed by atoms with van der Waals surface area (Å²) in [6.07, 6.45) is -1.39. The molecule has 82 valence electrons. The fraction of sp³-hybridized carbons (Fsp3) is 0.333. The van der Waals surface area contributed by atoms with Crippen molar-refractivity contribution < 1.29 is 14.1 Å². The molecule has 0 spiro atoms. The van der Waals surface area contributed by atoms with Gasteiger partial charge in [-0.2, -0.15) is 0 Å². The maximum absolute atomic E-state index is 13.2. The average Bonchev–Trinajstić information content (AvgIpc) is 2.27. The minimum atomic E-state index is -1.39. The van der Waals surface area contributed by atoms with Gasteiger partial charge in [0, 0.05) is 12.6 Å². The summed E-state index contributed by atoms with van der Waals surface area (Å²) in [6.45, 7) is -0.205. The summed E-state index contributed by atoms with van der Waals surface area (Å²) >= 11 is 0. The average molecular weight is 214 g/mol. The molecule has 5 nitrogen and oxygen atoms in total. The van der Waals surface area contributed by atoms with Gasteiger partial charge in [0.15, 0.2) is 5.75 Å². The second-order valence-electron chi connectivity index (χ2n) is 2.89. The SMILES string of the molecule is COc1ccc(C(F)CN)cc1[N+](=O)[O-]. The third-order valence-electron chi connectivity index (χ3n) is 1.97. The molecule has 1 atom stereocenters. The van der Waals surface area contributed by atoms with Crippen molar-refractivity contribution >= 4 is 5.69 Å². The Kier molecular flexibility index (Phi) is 3.56. The molecule has 1 unspecified atom stereocenters. The summed E-state index contributed by atoms with van der Waals surface area (Å²) in [5, 5.41) is 10.6. The smallest absolute Gasteiger partial charge is 0.311 e. The number of nitro groups is 1. The monoisotopic (exact) mass is 214 g/mol. The number of nitrogens with two attached hydrogens (primary N) is 1. The number of ether oxygens (including phenoxy) is 1. The van der Waals surface area contributed by atoms with E-state index in [2.05, 4.69) is 0 Å². The van der Waals surface area contributed by atoms with Gasteiger partial charge < -0.3 is 10.5 Å². The normalized spacial score (nSPS) is 12.2.